The molecule has 3 heterocycles. The van der Waals surface area contributed by atoms with Gasteiger partial charge in [-0.25, -0.2) is 9.97 Å². The van der Waals surface area contributed by atoms with Crippen molar-refractivity contribution in [2.45, 2.75) is 37.9 Å². The normalized spacial score (nSPS) is 17.4. The van der Waals surface area contributed by atoms with E-state index in [9.17, 15) is 22.8 Å². The lowest BCUT2D eigenvalue weighted by Gasteiger charge is -2.35. The summed E-state index contributed by atoms with van der Waals surface area (Å²) in [5.41, 5.74) is 3.60. The zero-order chi connectivity index (χ0) is 32.9. The first kappa shape index (κ1) is 30.7. The Morgan fingerprint density at radius 3 is 2.45 bits per heavy atom. The van der Waals surface area contributed by atoms with E-state index in [1.165, 1.54) is 12.1 Å². The third kappa shape index (κ3) is 6.00. The maximum absolute atomic E-state index is 14.1. The number of anilines is 5. The molecule has 1 aromatic heterocycles. The number of piperazine rings is 1. The summed E-state index contributed by atoms with van der Waals surface area (Å²) in [5.74, 6) is -0.319. The molecular formula is C35H34F3N7O2. The molecule has 4 aromatic rings. The van der Waals surface area contributed by atoms with Crippen LogP contribution < -0.4 is 20.4 Å². The smallest absolute Gasteiger partial charge is 0.369 e. The van der Waals surface area contributed by atoms with Crippen LogP contribution in [-0.4, -0.2) is 59.9 Å². The Labute approximate surface area is 270 Å². The minimum atomic E-state index is -4.56. The molecule has 1 spiro atoms. The molecule has 0 bridgehead atoms. The van der Waals surface area contributed by atoms with Crippen molar-refractivity contribution in [3.63, 3.8) is 0 Å². The summed E-state index contributed by atoms with van der Waals surface area (Å²) in [4.78, 5) is 42.8. The van der Waals surface area contributed by atoms with E-state index in [4.69, 9.17) is 4.98 Å². The number of halogens is 3. The summed E-state index contributed by atoms with van der Waals surface area (Å²) in [6, 6.07) is 17.6. The van der Waals surface area contributed by atoms with E-state index in [0.29, 0.717) is 30.2 Å². The molecule has 47 heavy (non-hydrogen) atoms. The van der Waals surface area contributed by atoms with Gasteiger partial charge in [0.2, 0.25) is 11.9 Å². The van der Waals surface area contributed by atoms with E-state index < -0.39 is 23.1 Å². The molecule has 3 aliphatic rings. The highest BCUT2D eigenvalue weighted by Gasteiger charge is 2.58. The number of hydrogen-bond donors (Lipinski definition) is 2. The molecule has 2 N–H and O–H groups in total. The van der Waals surface area contributed by atoms with E-state index in [0.717, 1.165) is 66.5 Å². The van der Waals surface area contributed by atoms with Gasteiger partial charge in [0.15, 0.2) is 0 Å². The Hall–Kier alpha value is -4.97. The van der Waals surface area contributed by atoms with Crippen molar-refractivity contribution in [3.8, 4) is 0 Å². The maximum atomic E-state index is 14.1. The summed E-state index contributed by atoms with van der Waals surface area (Å²) in [6.45, 7) is 6.06. The molecule has 2 amide bonds. The zero-order valence-corrected chi connectivity index (χ0v) is 26.1. The first-order valence-corrected chi connectivity index (χ1v) is 15.6. The number of hydrogen-bond acceptors (Lipinski definition) is 7. The fraction of sp³-hybridized carbons (Fsp3) is 0.314. The van der Waals surface area contributed by atoms with Gasteiger partial charge >= 0.3 is 6.18 Å². The lowest BCUT2D eigenvalue weighted by molar-refractivity contribution is -0.137. The molecule has 0 radical (unpaired) electrons. The van der Waals surface area contributed by atoms with Crippen LogP contribution in [0.1, 0.15) is 45.6 Å². The van der Waals surface area contributed by atoms with Gasteiger partial charge in [-0.1, -0.05) is 18.2 Å². The van der Waals surface area contributed by atoms with Crippen molar-refractivity contribution in [1.29, 1.82) is 0 Å². The first-order valence-electron chi connectivity index (χ1n) is 15.6. The number of amides is 2. The van der Waals surface area contributed by atoms with Gasteiger partial charge in [-0.15, -0.1) is 0 Å². The number of carbonyl (C=O) groups is 2. The highest BCUT2D eigenvalue weighted by atomic mass is 19.4. The number of benzene rings is 3. The summed E-state index contributed by atoms with van der Waals surface area (Å²) in [7, 11) is 2.13. The Morgan fingerprint density at radius 2 is 1.70 bits per heavy atom. The first-order chi connectivity index (χ1) is 22.5. The van der Waals surface area contributed by atoms with Crippen molar-refractivity contribution in [1.82, 2.24) is 14.9 Å². The Bertz CT molecular complexity index is 1870. The van der Waals surface area contributed by atoms with E-state index >= 15 is 0 Å². The third-order valence-corrected chi connectivity index (χ3v) is 9.23. The van der Waals surface area contributed by atoms with Crippen molar-refractivity contribution in [2.24, 2.45) is 0 Å². The third-order valence-electron chi connectivity index (χ3n) is 9.23. The second-order valence-electron chi connectivity index (χ2n) is 12.5. The van der Waals surface area contributed by atoms with Crippen molar-refractivity contribution in [3.05, 3.63) is 101 Å². The number of aryl methyl sites for hydroxylation is 1. The summed E-state index contributed by atoms with van der Waals surface area (Å²) < 4.78 is 39.6. The molecule has 1 saturated heterocycles. The fourth-order valence-corrected chi connectivity index (χ4v) is 6.36. The van der Waals surface area contributed by atoms with Gasteiger partial charge < -0.3 is 25.3 Å². The zero-order valence-electron chi connectivity index (χ0n) is 26.1. The van der Waals surface area contributed by atoms with Gasteiger partial charge in [0, 0.05) is 66.3 Å². The van der Waals surface area contributed by atoms with Crippen molar-refractivity contribution in [2.75, 3.05) is 53.7 Å². The molecule has 12 heteroatoms. The number of likely N-dealkylation sites (N-methyl/N-ethyl adjacent to an activating group) is 1. The highest BCUT2D eigenvalue weighted by Crippen LogP contribution is 2.53. The fourth-order valence-electron chi connectivity index (χ4n) is 6.36. The molecule has 3 aromatic carbocycles. The molecule has 9 nitrogen and oxygen atoms in total. The van der Waals surface area contributed by atoms with E-state index in [-0.39, 0.29) is 18.0 Å². The summed E-state index contributed by atoms with van der Waals surface area (Å²) >= 11 is 0. The lowest BCUT2D eigenvalue weighted by atomic mass is 9.91. The van der Waals surface area contributed by atoms with Gasteiger partial charge in [0.05, 0.1) is 23.2 Å². The highest BCUT2D eigenvalue weighted by molar-refractivity contribution is 6.07. The number of alkyl halides is 3. The predicted molar refractivity (Wildman–Crippen MR) is 174 cm³/mol. The minimum absolute atomic E-state index is 0.0730. The molecule has 2 aliphatic heterocycles. The molecule has 0 atom stereocenters. The van der Waals surface area contributed by atoms with Gasteiger partial charge in [-0.2, -0.15) is 13.2 Å². The molecule has 7 rings (SSSR count). The number of rotatable bonds is 6. The molecule has 242 valence electrons. The van der Waals surface area contributed by atoms with Crippen LogP contribution >= 0.6 is 0 Å². The van der Waals surface area contributed by atoms with Gasteiger partial charge in [-0.3, -0.25) is 9.59 Å². The second kappa shape index (κ2) is 11.7. The number of carbonyl (C=O) groups excluding carboxylic acids is 2. The van der Waals surface area contributed by atoms with Crippen LogP contribution in [0.5, 0.6) is 0 Å². The van der Waals surface area contributed by atoms with E-state index in [1.807, 2.05) is 19.1 Å². The average Bonchev–Trinajstić information content (AvgIpc) is 3.86. The van der Waals surface area contributed by atoms with E-state index in [2.05, 4.69) is 44.6 Å². The minimum Gasteiger partial charge on any atom is -0.369 e. The SMILES string of the molecule is Cc1ccc(NC(=O)c2cccc(C(F)(F)F)c2)cc1N1Cc2cnc(Nc3cccc(N4CCN(C)CC4)c3)nc2C2(CC2)C1=O. The van der Waals surface area contributed by atoms with Gasteiger partial charge in [0.1, 0.15) is 0 Å². The van der Waals surface area contributed by atoms with Crippen LogP contribution in [0.4, 0.5) is 41.9 Å². The second-order valence-corrected chi connectivity index (χ2v) is 12.5. The summed E-state index contributed by atoms with van der Waals surface area (Å²) in [6.07, 6.45) is -1.47. The monoisotopic (exact) mass is 641 g/mol. The number of nitrogens with zero attached hydrogens (tertiary/aromatic N) is 5. The van der Waals surface area contributed by atoms with Crippen LogP contribution in [0.25, 0.3) is 0 Å². The quantitative estimate of drug-likeness (QED) is 0.262. The van der Waals surface area contributed by atoms with Gasteiger partial charge in [0.25, 0.3) is 5.91 Å². The van der Waals surface area contributed by atoms with Gasteiger partial charge in [-0.05, 0) is 80.9 Å². The topological polar surface area (TPSA) is 93.7 Å². The molecular weight excluding hydrogens is 607 g/mol. The van der Waals surface area contributed by atoms with Crippen LogP contribution in [0, 0.1) is 6.92 Å². The summed E-state index contributed by atoms with van der Waals surface area (Å²) in [5, 5.41) is 6.03. The van der Waals surface area contributed by atoms with E-state index in [1.54, 1.807) is 29.3 Å². The number of nitrogens with one attached hydrogen (secondary N) is 2. The Morgan fingerprint density at radius 1 is 0.936 bits per heavy atom. The Balaban J connectivity index is 1.11. The molecule has 0 unspecified atom stereocenters. The van der Waals surface area contributed by atoms with Crippen molar-refractivity contribution < 1.29 is 22.8 Å². The van der Waals surface area contributed by atoms with Crippen LogP contribution in [0.3, 0.4) is 0 Å². The van der Waals surface area contributed by atoms with Crippen LogP contribution in [0.2, 0.25) is 0 Å². The lowest BCUT2D eigenvalue weighted by Crippen LogP contribution is -2.45. The molecule has 1 aliphatic carbocycles. The maximum Gasteiger partial charge on any atom is 0.416 e. The van der Waals surface area contributed by atoms with Crippen LogP contribution in [0.15, 0.2) is 72.9 Å². The largest absolute Gasteiger partial charge is 0.416 e. The predicted octanol–water partition coefficient (Wildman–Crippen LogP) is 6.13. The standard InChI is InChI=1S/C35H34F3N7O2/c1-22-9-10-27(40-31(46)23-5-3-6-25(17-23)35(36,37)38)19-29(22)45-21-24-20-39-33(42-30(24)34(11-12-34)32(45)47)41-26-7-4-8-28(18-26)44-15-13-43(2)14-16-44/h3-10,17-20H,11-16,21H2,1-2H3,(H,40,46)(H,39,41,42). The molecule has 1 saturated carbocycles. The number of aromatic nitrogens is 2. The Kier molecular flexibility index (Phi) is 7.62. The van der Waals surface area contributed by atoms with Crippen LogP contribution in [-0.2, 0) is 22.9 Å². The van der Waals surface area contributed by atoms with Crippen molar-refractivity contribution >= 4 is 40.5 Å². The number of fused-ring (bicyclic) bond motifs is 2. The molecule has 2 fully saturated rings. The average molecular weight is 642 g/mol.